The van der Waals surface area contributed by atoms with Gasteiger partial charge < -0.3 is 10.1 Å². The van der Waals surface area contributed by atoms with Crippen LogP contribution in [0.3, 0.4) is 0 Å². The topological polar surface area (TPSA) is 41.6 Å². The lowest BCUT2D eigenvalue weighted by Gasteiger charge is -2.38. The van der Waals surface area contributed by atoms with Gasteiger partial charge in [0.05, 0.1) is 7.11 Å². The molecule has 1 heterocycles. The van der Waals surface area contributed by atoms with Crippen LogP contribution in [0.5, 0.6) is 0 Å². The summed E-state index contributed by atoms with van der Waals surface area (Å²) in [7, 11) is 1.44. The first-order valence-electron chi connectivity index (χ1n) is 4.63. The molecule has 1 rings (SSSR count). The number of hydrogen-bond acceptors (Lipinski definition) is 4. The van der Waals surface area contributed by atoms with Gasteiger partial charge in [-0.1, -0.05) is 0 Å². The highest BCUT2D eigenvalue weighted by molar-refractivity contribution is 5.79. The van der Waals surface area contributed by atoms with Gasteiger partial charge in [0.1, 0.15) is 5.54 Å². The first-order chi connectivity index (χ1) is 6.09. The summed E-state index contributed by atoms with van der Waals surface area (Å²) in [5.41, 5.74) is -0.489. The highest BCUT2D eigenvalue weighted by Crippen LogP contribution is 2.16. The van der Waals surface area contributed by atoms with Gasteiger partial charge in [-0.05, 0) is 13.8 Å². The zero-order valence-corrected chi connectivity index (χ0v) is 8.59. The molecule has 0 radical (unpaired) electrons. The van der Waals surface area contributed by atoms with Crippen LogP contribution in [0.2, 0.25) is 0 Å². The second-order valence-corrected chi connectivity index (χ2v) is 3.79. The van der Waals surface area contributed by atoms with Crippen molar-refractivity contribution in [2.75, 3.05) is 33.3 Å². The minimum absolute atomic E-state index is 0.158. The van der Waals surface area contributed by atoms with Crippen LogP contribution in [-0.4, -0.2) is 49.7 Å². The Bertz CT molecular complexity index is 186. The quantitative estimate of drug-likeness (QED) is 0.609. The van der Waals surface area contributed by atoms with E-state index in [4.69, 9.17) is 4.74 Å². The zero-order chi connectivity index (χ0) is 9.90. The lowest BCUT2D eigenvalue weighted by atomic mass is 10.0. The summed E-state index contributed by atoms with van der Waals surface area (Å²) in [6.45, 7) is 7.51. The van der Waals surface area contributed by atoms with Gasteiger partial charge in [-0.25, -0.2) is 0 Å². The number of ether oxygens (including phenoxy) is 1. The Kier molecular flexibility index (Phi) is 3.27. The molecule has 0 saturated carbocycles. The number of nitrogens with one attached hydrogen (secondary N) is 1. The van der Waals surface area contributed by atoms with E-state index in [0.29, 0.717) is 0 Å². The molecule has 0 aliphatic carbocycles. The summed E-state index contributed by atoms with van der Waals surface area (Å²) in [5.74, 6) is -0.158. The zero-order valence-electron chi connectivity index (χ0n) is 8.59. The lowest BCUT2D eigenvalue weighted by Crippen LogP contribution is -2.57. The maximum Gasteiger partial charge on any atom is 0.325 e. The smallest absolute Gasteiger partial charge is 0.325 e. The molecule has 0 bridgehead atoms. The third-order valence-corrected chi connectivity index (χ3v) is 2.59. The van der Waals surface area contributed by atoms with Gasteiger partial charge in [0.25, 0.3) is 0 Å². The molecular formula is C9H18N2O2. The second kappa shape index (κ2) is 4.07. The maximum absolute atomic E-state index is 11.4. The SMILES string of the molecule is COC(=O)C(C)(C)N1CCNCC1. The molecule has 4 nitrogen and oxygen atoms in total. The molecule has 4 heteroatoms. The molecule has 76 valence electrons. The molecular weight excluding hydrogens is 168 g/mol. The van der Waals surface area contributed by atoms with Crippen molar-refractivity contribution in [3.63, 3.8) is 0 Å². The van der Waals surface area contributed by atoms with Crippen molar-refractivity contribution in [3.05, 3.63) is 0 Å². The van der Waals surface area contributed by atoms with Gasteiger partial charge in [0, 0.05) is 26.2 Å². The summed E-state index contributed by atoms with van der Waals surface area (Å²) in [5, 5.41) is 3.25. The van der Waals surface area contributed by atoms with E-state index in [0.717, 1.165) is 26.2 Å². The maximum atomic E-state index is 11.4. The fourth-order valence-corrected chi connectivity index (χ4v) is 1.60. The number of nitrogens with zero attached hydrogens (tertiary/aromatic N) is 1. The molecule has 0 aromatic heterocycles. The van der Waals surface area contributed by atoms with Crippen molar-refractivity contribution in [1.82, 2.24) is 10.2 Å². The van der Waals surface area contributed by atoms with E-state index in [1.54, 1.807) is 0 Å². The Balaban J connectivity index is 2.60. The van der Waals surface area contributed by atoms with Crippen molar-refractivity contribution < 1.29 is 9.53 Å². The minimum Gasteiger partial charge on any atom is -0.468 e. The first kappa shape index (κ1) is 10.5. The molecule has 0 amide bonds. The molecule has 1 aliphatic rings. The van der Waals surface area contributed by atoms with Gasteiger partial charge in [-0.2, -0.15) is 0 Å². The Labute approximate surface area is 79.2 Å². The normalized spacial score (nSPS) is 19.9. The molecule has 0 aromatic carbocycles. The van der Waals surface area contributed by atoms with E-state index >= 15 is 0 Å². The van der Waals surface area contributed by atoms with Gasteiger partial charge in [-0.15, -0.1) is 0 Å². The highest BCUT2D eigenvalue weighted by atomic mass is 16.5. The molecule has 1 saturated heterocycles. The highest BCUT2D eigenvalue weighted by Gasteiger charge is 2.35. The number of rotatable bonds is 2. The summed E-state index contributed by atoms with van der Waals surface area (Å²) in [4.78, 5) is 13.6. The van der Waals surface area contributed by atoms with E-state index in [9.17, 15) is 4.79 Å². The molecule has 1 N–H and O–H groups in total. The standard InChI is InChI=1S/C9H18N2O2/c1-9(2,8(12)13-3)11-6-4-10-5-7-11/h10H,4-7H2,1-3H3. The molecule has 1 aliphatic heterocycles. The van der Waals surface area contributed by atoms with E-state index in [-0.39, 0.29) is 5.97 Å². The minimum atomic E-state index is -0.489. The summed E-state index contributed by atoms with van der Waals surface area (Å²) < 4.78 is 4.77. The van der Waals surface area contributed by atoms with Gasteiger partial charge in [0.2, 0.25) is 0 Å². The number of hydrogen-bond donors (Lipinski definition) is 1. The largest absolute Gasteiger partial charge is 0.468 e. The van der Waals surface area contributed by atoms with Crippen LogP contribution in [-0.2, 0) is 9.53 Å². The van der Waals surface area contributed by atoms with Crippen LogP contribution >= 0.6 is 0 Å². The molecule has 13 heavy (non-hydrogen) atoms. The molecule has 0 unspecified atom stereocenters. The first-order valence-corrected chi connectivity index (χ1v) is 4.63. The lowest BCUT2D eigenvalue weighted by molar-refractivity contribution is -0.153. The Hall–Kier alpha value is -0.610. The van der Waals surface area contributed by atoms with Crippen LogP contribution < -0.4 is 5.32 Å². The van der Waals surface area contributed by atoms with Crippen molar-refractivity contribution in [3.8, 4) is 0 Å². The number of methoxy groups -OCH3 is 1. The average Bonchev–Trinajstić information content (AvgIpc) is 2.18. The van der Waals surface area contributed by atoms with Gasteiger partial charge in [0.15, 0.2) is 0 Å². The van der Waals surface area contributed by atoms with Gasteiger partial charge in [-0.3, -0.25) is 9.69 Å². The number of esters is 1. The van der Waals surface area contributed by atoms with E-state index in [1.807, 2.05) is 13.8 Å². The van der Waals surface area contributed by atoms with E-state index in [2.05, 4.69) is 10.2 Å². The summed E-state index contributed by atoms with van der Waals surface area (Å²) in [6, 6.07) is 0. The third kappa shape index (κ3) is 2.19. The summed E-state index contributed by atoms with van der Waals surface area (Å²) in [6.07, 6.45) is 0. The number of carbonyl (C=O) groups is 1. The van der Waals surface area contributed by atoms with Crippen LogP contribution in [0.4, 0.5) is 0 Å². The van der Waals surface area contributed by atoms with Crippen molar-refractivity contribution in [1.29, 1.82) is 0 Å². The molecule has 1 fully saturated rings. The summed E-state index contributed by atoms with van der Waals surface area (Å²) >= 11 is 0. The van der Waals surface area contributed by atoms with Gasteiger partial charge >= 0.3 is 5.97 Å². The van der Waals surface area contributed by atoms with Crippen molar-refractivity contribution in [2.45, 2.75) is 19.4 Å². The van der Waals surface area contributed by atoms with Crippen LogP contribution in [0.15, 0.2) is 0 Å². The fourth-order valence-electron chi connectivity index (χ4n) is 1.60. The molecule has 0 spiro atoms. The predicted octanol–water partition coefficient (Wildman–Crippen LogP) is -0.157. The van der Waals surface area contributed by atoms with E-state index in [1.165, 1.54) is 7.11 Å². The van der Waals surface area contributed by atoms with Crippen molar-refractivity contribution in [2.24, 2.45) is 0 Å². The van der Waals surface area contributed by atoms with Crippen LogP contribution in [0.1, 0.15) is 13.8 Å². The fraction of sp³-hybridized carbons (Fsp3) is 0.889. The Morgan fingerprint density at radius 1 is 1.38 bits per heavy atom. The van der Waals surface area contributed by atoms with Crippen LogP contribution in [0.25, 0.3) is 0 Å². The second-order valence-electron chi connectivity index (χ2n) is 3.79. The monoisotopic (exact) mass is 186 g/mol. The number of carbonyl (C=O) groups excluding carboxylic acids is 1. The van der Waals surface area contributed by atoms with Crippen LogP contribution in [0, 0.1) is 0 Å². The average molecular weight is 186 g/mol. The van der Waals surface area contributed by atoms with E-state index < -0.39 is 5.54 Å². The molecule has 0 atom stereocenters. The number of piperazine rings is 1. The molecule has 0 aromatic rings. The third-order valence-electron chi connectivity index (χ3n) is 2.59. The predicted molar refractivity (Wildman–Crippen MR) is 50.5 cm³/mol. The Morgan fingerprint density at radius 2 is 1.92 bits per heavy atom. The Morgan fingerprint density at radius 3 is 2.38 bits per heavy atom. The van der Waals surface area contributed by atoms with Crippen molar-refractivity contribution >= 4 is 5.97 Å².